The van der Waals surface area contributed by atoms with E-state index in [9.17, 15) is 51.9 Å². The summed E-state index contributed by atoms with van der Waals surface area (Å²) < 4.78 is 147. The Balaban J connectivity index is 1.44. The minimum absolute atomic E-state index is 0.240. The summed E-state index contributed by atoms with van der Waals surface area (Å²) in [5, 5.41) is 0. The van der Waals surface area contributed by atoms with Crippen molar-refractivity contribution in [3.63, 3.8) is 0 Å². The lowest BCUT2D eigenvalue weighted by Crippen LogP contribution is -2.09. The Labute approximate surface area is 442 Å². The summed E-state index contributed by atoms with van der Waals surface area (Å²) in [4.78, 5) is 19.1. The smallest absolute Gasteiger partial charge is 0.282 e. The Morgan fingerprint density at radius 2 is 0.487 bits per heavy atom. The summed E-state index contributed by atoms with van der Waals surface area (Å²) in [6.45, 7) is 14.2. The Hall–Kier alpha value is -6.88. The van der Waals surface area contributed by atoms with Gasteiger partial charge in [-0.1, -0.05) is 104 Å². The van der Waals surface area contributed by atoms with Crippen LogP contribution in [0.1, 0.15) is 124 Å². The fourth-order valence-corrected chi connectivity index (χ4v) is 13.3. The van der Waals surface area contributed by atoms with Gasteiger partial charge < -0.3 is 0 Å². The molecule has 0 aliphatic carbocycles. The lowest BCUT2D eigenvalue weighted by atomic mass is 9.95. The zero-order valence-electron chi connectivity index (χ0n) is 42.3. The average Bonchev–Trinajstić information content (AvgIpc) is 4.22. The van der Waals surface area contributed by atoms with Crippen LogP contribution in [0.15, 0.2) is 184 Å². The number of fused-ring (bicyclic) bond motifs is 4. The molecule has 8 bridgehead atoms. The molecule has 5 aliphatic heterocycles. The van der Waals surface area contributed by atoms with Gasteiger partial charge in [-0.05, 0) is 141 Å². The predicted molar refractivity (Wildman–Crippen MR) is 295 cm³/mol. The molecule has 9 rings (SSSR count). The van der Waals surface area contributed by atoms with Crippen molar-refractivity contribution in [2.45, 2.75) is 98.6 Å². The maximum absolute atomic E-state index is 13.1. The molecular weight excluding hydrogens is 1050 g/mol. The molecule has 4 aromatic carbocycles. The van der Waals surface area contributed by atoms with Crippen molar-refractivity contribution in [3.8, 4) is 0 Å². The third-order valence-corrected chi connectivity index (χ3v) is 17.1. The van der Waals surface area contributed by atoms with Gasteiger partial charge in [-0.2, -0.15) is 33.7 Å². The molecule has 16 nitrogen and oxygen atoms in total. The molecule has 0 saturated carbocycles. The molecule has 5 aliphatic rings. The first-order valence-electron chi connectivity index (χ1n) is 24.0. The fraction of sp³-hybridized carbons (Fsp3) is 0.214. The van der Waals surface area contributed by atoms with Crippen molar-refractivity contribution in [1.82, 2.24) is 0 Å². The summed E-state index contributed by atoms with van der Waals surface area (Å²) in [5.74, 6) is -1.32. The normalized spacial score (nSPS) is 16.9. The van der Waals surface area contributed by atoms with E-state index in [1.165, 1.54) is 24.3 Å². The van der Waals surface area contributed by atoms with E-state index in [4.69, 9.17) is 20.0 Å². The van der Waals surface area contributed by atoms with Crippen LogP contribution < -0.4 is 0 Å². The lowest BCUT2D eigenvalue weighted by Gasteiger charge is -2.17. The number of rotatable bonds is 12. The van der Waals surface area contributed by atoms with E-state index in [0.29, 0.717) is 22.3 Å². The zero-order chi connectivity index (χ0) is 55.1. The Morgan fingerprint density at radius 3 is 0.645 bits per heavy atom. The van der Waals surface area contributed by atoms with Crippen molar-refractivity contribution in [3.05, 3.63) is 189 Å². The highest BCUT2D eigenvalue weighted by atomic mass is 32.2. The largest absolute Gasteiger partial charge is 0.294 e. The minimum Gasteiger partial charge on any atom is -0.282 e. The topological polar surface area (TPSA) is 267 Å². The van der Waals surface area contributed by atoms with Gasteiger partial charge in [0.2, 0.25) is 0 Å². The first-order valence-corrected chi connectivity index (χ1v) is 29.8. The lowest BCUT2D eigenvalue weighted by molar-refractivity contribution is 0.479. The Bertz CT molecular complexity index is 3610. The van der Waals surface area contributed by atoms with Gasteiger partial charge >= 0.3 is 0 Å². The molecule has 392 valence electrons. The van der Waals surface area contributed by atoms with E-state index < -0.39 is 40.5 Å². The Morgan fingerprint density at radius 1 is 0.303 bits per heavy atom. The molecule has 0 spiro atoms. The number of allylic oxidation sites excluding steroid dienone is 12. The average molecular weight is 1100 g/mol. The number of benzene rings is 4. The summed E-state index contributed by atoms with van der Waals surface area (Å²) in [6.07, 6.45) is 13.2. The van der Waals surface area contributed by atoms with E-state index in [0.717, 1.165) is 0 Å². The molecule has 0 aromatic heterocycles. The van der Waals surface area contributed by atoms with Crippen LogP contribution in [0.3, 0.4) is 0 Å². The van der Waals surface area contributed by atoms with Gasteiger partial charge in [0.1, 0.15) is 0 Å². The van der Waals surface area contributed by atoms with Gasteiger partial charge in [-0.15, -0.1) is 0 Å². The van der Waals surface area contributed by atoms with E-state index >= 15 is 0 Å². The second kappa shape index (κ2) is 19.6. The van der Waals surface area contributed by atoms with Crippen LogP contribution in [0.5, 0.6) is 0 Å². The van der Waals surface area contributed by atoms with Crippen molar-refractivity contribution in [2.75, 3.05) is 0 Å². The maximum atomic E-state index is 13.1. The highest BCUT2D eigenvalue weighted by Gasteiger charge is 2.32. The molecule has 0 saturated heterocycles. The summed E-state index contributed by atoms with van der Waals surface area (Å²) in [6, 6.07) is 18.4. The molecule has 4 aromatic rings. The third kappa shape index (κ3) is 10.3. The van der Waals surface area contributed by atoms with Crippen molar-refractivity contribution >= 4 is 85.6 Å². The van der Waals surface area contributed by atoms with Gasteiger partial charge in [0.05, 0.1) is 65.2 Å². The number of aliphatic imine (C=N–C) groups is 4. The standard InChI is InChI=1S/C56H52N4O12S4/c1-29(2)37-13-9-33(25-49(37)73(61,62)63)53-41-17-19-43(57-41)54(34-10-14-38(30(3)4)50(26-34)74(64,65)66)45-21-23-47(59-45)56(36-12-16-40(32(7)8)52(28-36)76(70,71)72)48-24-22-46(60-48)55(44-20-18-42(53)58-44)35-11-15-39(31(5)6)51(27-35)75(67,68)69/h9-32H,1-8H3,(H,61,62,63)(H,64,65,66)(H,67,68,69)(H,70,71,72). The van der Waals surface area contributed by atoms with E-state index in [1.807, 2.05) is 0 Å². The van der Waals surface area contributed by atoms with Crippen molar-refractivity contribution in [2.24, 2.45) is 20.0 Å². The SMILES string of the molecule is CC(C)c1ccc(C2=C3C=CC(=N3)C(c3ccc(C(C)C)c(S(=O)(=O)O)c3)=C3C=CC(=N3)C(c3ccc(C(C)C)c(S(=O)(=O)O)c3)=C3C=CC(=N3)C(c3ccc(C(C)C)c(S(=O)(=O)O)c3)=C3C=CC2=N3)cc1S(=O)(=O)O. The molecule has 20 heteroatoms. The van der Waals surface area contributed by atoms with E-state index in [2.05, 4.69) is 0 Å². The van der Waals surface area contributed by atoms with Crippen molar-refractivity contribution < 1.29 is 51.9 Å². The van der Waals surface area contributed by atoms with E-state index in [-0.39, 0.29) is 133 Å². The quantitative estimate of drug-likeness (QED) is 0.0965. The first kappa shape index (κ1) is 53.9. The van der Waals surface area contributed by atoms with Gasteiger partial charge in [-0.3, -0.25) is 18.2 Å². The zero-order valence-corrected chi connectivity index (χ0v) is 45.6. The van der Waals surface area contributed by atoms with Crippen LogP contribution in [0.2, 0.25) is 0 Å². The summed E-state index contributed by atoms with van der Waals surface area (Å²) >= 11 is 0. The first-order chi connectivity index (χ1) is 35.5. The van der Waals surface area contributed by atoms with E-state index in [1.54, 1.807) is 153 Å². The predicted octanol–water partition coefficient (Wildman–Crippen LogP) is 11.2. The third-order valence-electron chi connectivity index (χ3n) is 13.4. The van der Waals surface area contributed by atoms with Gasteiger partial charge in [0.15, 0.2) is 0 Å². The number of hydrogen-bond donors (Lipinski definition) is 4. The van der Waals surface area contributed by atoms with Crippen LogP contribution >= 0.6 is 0 Å². The molecule has 76 heavy (non-hydrogen) atoms. The molecule has 0 unspecified atom stereocenters. The molecular formula is C56H52N4O12S4. The fourth-order valence-electron chi connectivity index (χ4n) is 9.83. The molecule has 0 amide bonds. The molecule has 5 heterocycles. The van der Waals surface area contributed by atoms with Crippen LogP contribution in [-0.2, 0) is 40.5 Å². The molecule has 0 radical (unpaired) electrons. The molecule has 4 N–H and O–H groups in total. The molecule has 0 fully saturated rings. The highest BCUT2D eigenvalue weighted by molar-refractivity contribution is 7.86. The van der Waals surface area contributed by atoms with Gasteiger partial charge in [0.25, 0.3) is 40.5 Å². The van der Waals surface area contributed by atoms with Crippen LogP contribution in [-0.4, -0.2) is 74.7 Å². The number of hydrogen-bond acceptors (Lipinski definition) is 12. The second-order valence-electron chi connectivity index (χ2n) is 19.9. The molecule has 0 atom stereocenters. The number of nitrogens with zero attached hydrogens (tertiary/aromatic N) is 4. The maximum Gasteiger partial charge on any atom is 0.294 e. The monoisotopic (exact) mass is 1100 g/mol. The van der Waals surface area contributed by atoms with Crippen LogP contribution in [0.25, 0.3) is 22.3 Å². The summed E-state index contributed by atoms with van der Waals surface area (Å²) in [5.41, 5.74) is 5.52. The highest BCUT2D eigenvalue weighted by Crippen LogP contribution is 2.42. The van der Waals surface area contributed by atoms with Crippen LogP contribution in [0, 0.1) is 0 Å². The second-order valence-corrected chi connectivity index (χ2v) is 25.5. The minimum atomic E-state index is -4.80. The Kier molecular flexibility index (Phi) is 13.9. The van der Waals surface area contributed by atoms with Crippen molar-refractivity contribution in [1.29, 1.82) is 0 Å². The summed E-state index contributed by atoms with van der Waals surface area (Å²) in [7, 11) is -19.2. The van der Waals surface area contributed by atoms with Gasteiger partial charge in [0, 0.05) is 22.3 Å². The van der Waals surface area contributed by atoms with Gasteiger partial charge in [-0.25, -0.2) is 20.0 Å². The van der Waals surface area contributed by atoms with Crippen LogP contribution in [0.4, 0.5) is 0 Å².